The fourth-order valence-electron chi connectivity index (χ4n) is 0.918. The summed E-state index contributed by atoms with van der Waals surface area (Å²) in [4.78, 5) is 7.95. The Morgan fingerprint density at radius 1 is 1.31 bits per heavy atom. The molecule has 66 valence electrons. The van der Waals surface area contributed by atoms with Crippen LogP contribution in [0, 0.1) is 0 Å². The van der Waals surface area contributed by atoms with Gasteiger partial charge in [-0.05, 0) is 6.07 Å². The summed E-state index contributed by atoms with van der Waals surface area (Å²) in [5.74, 6) is 0.816. The van der Waals surface area contributed by atoms with Gasteiger partial charge in [-0.3, -0.25) is 0 Å². The molecule has 0 saturated carbocycles. The van der Waals surface area contributed by atoms with Crippen molar-refractivity contribution in [3.8, 4) is 5.95 Å². The van der Waals surface area contributed by atoms with Gasteiger partial charge in [0, 0.05) is 6.20 Å². The van der Waals surface area contributed by atoms with Gasteiger partial charge in [-0.1, -0.05) is 0 Å². The van der Waals surface area contributed by atoms with Gasteiger partial charge in [0.25, 0.3) is 5.95 Å². The SMILES string of the molecule is Nc1cnn(-c2nccc(N)n2)c1. The van der Waals surface area contributed by atoms with E-state index in [9.17, 15) is 0 Å². The highest BCUT2D eigenvalue weighted by Gasteiger charge is 2.00. The number of hydrogen-bond donors (Lipinski definition) is 2. The van der Waals surface area contributed by atoms with E-state index in [0.717, 1.165) is 0 Å². The second-order valence-corrected chi connectivity index (χ2v) is 2.50. The first kappa shape index (κ1) is 7.53. The molecule has 0 saturated heterocycles. The standard InChI is InChI=1S/C7H8N6/c8-5-3-11-13(4-5)7-10-2-1-6(9)12-7/h1-4H,8H2,(H2,9,10,12). The molecule has 13 heavy (non-hydrogen) atoms. The molecule has 6 heteroatoms. The zero-order valence-corrected chi connectivity index (χ0v) is 6.75. The molecule has 0 radical (unpaired) electrons. The van der Waals surface area contributed by atoms with E-state index in [1.165, 1.54) is 10.9 Å². The van der Waals surface area contributed by atoms with E-state index < -0.39 is 0 Å². The Labute approximate surface area is 74.2 Å². The van der Waals surface area contributed by atoms with Crippen molar-refractivity contribution in [2.45, 2.75) is 0 Å². The highest BCUT2D eigenvalue weighted by atomic mass is 15.3. The molecule has 0 aliphatic rings. The van der Waals surface area contributed by atoms with Gasteiger partial charge in [0.15, 0.2) is 0 Å². The third-order valence-corrected chi connectivity index (χ3v) is 1.47. The van der Waals surface area contributed by atoms with E-state index >= 15 is 0 Å². The highest BCUT2D eigenvalue weighted by molar-refractivity contribution is 5.35. The van der Waals surface area contributed by atoms with Crippen LogP contribution in [-0.2, 0) is 0 Å². The van der Waals surface area contributed by atoms with Gasteiger partial charge in [-0.25, -0.2) is 9.67 Å². The van der Waals surface area contributed by atoms with Gasteiger partial charge in [0.05, 0.1) is 18.1 Å². The average Bonchev–Trinajstić information content (AvgIpc) is 2.52. The summed E-state index contributed by atoms with van der Waals surface area (Å²) in [7, 11) is 0. The van der Waals surface area contributed by atoms with Crippen molar-refractivity contribution < 1.29 is 0 Å². The quantitative estimate of drug-likeness (QED) is 0.628. The number of hydrogen-bond acceptors (Lipinski definition) is 5. The molecule has 6 nitrogen and oxygen atoms in total. The van der Waals surface area contributed by atoms with Gasteiger partial charge < -0.3 is 11.5 Å². The fraction of sp³-hybridized carbons (Fsp3) is 0. The zero-order valence-electron chi connectivity index (χ0n) is 6.75. The fourth-order valence-corrected chi connectivity index (χ4v) is 0.918. The smallest absolute Gasteiger partial charge is 0.252 e. The van der Waals surface area contributed by atoms with Gasteiger partial charge in [-0.15, -0.1) is 0 Å². The molecule has 2 heterocycles. The minimum absolute atomic E-state index is 0.402. The van der Waals surface area contributed by atoms with Crippen LogP contribution in [0.4, 0.5) is 11.5 Å². The predicted octanol–water partition coefficient (Wildman–Crippen LogP) is -0.173. The Kier molecular flexibility index (Phi) is 1.59. The summed E-state index contributed by atoms with van der Waals surface area (Å²) in [6, 6.07) is 1.61. The molecule has 0 amide bonds. The molecule has 0 aliphatic carbocycles. The maximum absolute atomic E-state index is 5.48. The molecule has 2 aromatic heterocycles. The van der Waals surface area contributed by atoms with Crippen LogP contribution >= 0.6 is 0 Å². The minimum Gasteiger partial charge on any atom is -0.396 e. The van der Waals surface area contributed by atoms with Crippen LogP contribution < -0.4 is 11.5 Å². The summed E-state index contributed by atoms with van der Waals surface area (Å²) in [6.07, 6.45) is 4.71. The molecular weight excluding hydrogens is 168 g/mol. The maximum atomic E-state index is 5.48. The number of nitrogen functional groups attached to an aromatic ring is 2. The third kappa shape index (κ3) is 1.41. The molecule has 0 bridgehead atoms. The Hall–Kier alpha value is -2.11. The Balaban J connectivity index is 2.46. The van der Waals surface area contributed by atoms with Gasteiger partial charge >= 0.3 is 0 Å². The molecule has 4 N–H and O–H groups in total. The molecule has 0 atom stereocenters. The summed E-state index contributed by atoms with van der Waals surface area (Å²) < 4.78 is 1.46. The van der Waals surface area contributed by atoms with Crippen molar-refractivity contribution in [3.05, 3.63) is 24.7 Å². The second kappa shape index (κ2) is 2.74. The van der Waals surface area contributed by atoms with Crippen LogP contribution in [0.3, 0.4) is 0 Å². The van der Waals surface area contributed by atoms with E-state index in [1.54, 1.807) is 18.5 Å². The summed E-state index contributed by atoms with van der Waals surface area (Å²) >= 11 is 0. The van der Waals surface area contributed by atoms with Gasteiger partial charge in [0.1, 0.15) is 5.82 Å². The van der Waals surface area contributed by atoms with E-state index in [4.69, 9.17) is 11.5 Å². The minimum atomic E-state index is 0.402. The third-order valence-electron chi connectivity index (χ3n) is 1.47. The van der Waals surface area contributed by atoms with Crippen molar-refractivity contribution >= 4 is 11.5 Å². The summed E-state index contributed by atoms with van der Waals surface area (Å²) in [5.41, 5.74) is 11.5. The van der Waals surface area contributed by atoms with Crippen LogP contribution in [0.15, 0.2) is 24.7 Å². The first-order valence-corrected chi connectivity index (χ1v) is 3.65. The van der Waals surface area contributed by atoms with E-state index in [0.29, 0.717) is 17.5 Å². The molecule has 0 fully saturated rings. The van der Waals surface area contributed by atoms with Crippen LogP contribution in [-0.4, -0.2) is 19.7 Å². The number of anilines is 2. The average molecular weight is 176 g/mol. The lowest BCUT2D eigenvalue weighted by atomic mass is 10.6. The number of rotatable bonds is 1. The van der Waals surface area contributed by atoms with Gasteiger partial charge in [-0.2, -0.15) is 10.1 Å². The molecular formula is C7H8N6. The first-order chi connectivity index (χ1) is 6.25. The lowest BCUT2D eigenvalue weighted by molar-refractivity contribution is 0.810. The van der Waals surface area contributed by atoms with E-state index in [1.807, 2.05) is 0 Å². The Morgan fingerprint density at radius 3 is 2.77 bits per heavy atom. The second-order valence-electron chi connectivity index (χ2n) is 2.50. The van der Waals surface area contributed by atoms with E-state index in [2.05, 4.69) is 15.1 Å². The first-order valence-electron chi connectivity index (χ1n) is 3.65. The van der Waals surface area contributed by atoms with Crippen LogP contribution in [0.5, 0.6) is 0 Å². The zero-order chi connectivity index (χ0) is 9.26. The molecule has 2 rings (SSSR count). The van der Waals surface area contributed by atoms with Gasteiger partial charge in [0.2, 0.25) is 0 Å². The molecule has 0 unspecified atom stereocenters. The normalized spacial score (nSPS) is 10.2. The Morgan fingerprint density at radius 2 is 2.15 bits per heavy atom. The van der Waals surface area contributed by atoms with Crippen molar-refractivity contribution in [2.24, 2.45) is 0 Å². The number of aromatic nitrogens is 4. The number of nitrogens with two attached hydrogens (primary N) is 2. The highest BCUT2D eigenvalue weighted by Crippen LogP contribution is 2.04. The maximum Gasteiger partial charge on any atom is 0.252 e. The summed E-state index contributed by atoms with van der Waals surface area (Å²) in [6.45, 7) is 0. The molecule has 0 spiro atoms. The monoisotopic (exact) mass is 176 g/mol. The molecule has 2 aromatic rings. The van der Waals surface area contributed by atoms with Crippen molar-refractivity contribution in [1.82, 2.24) is 19.7 Å². The topological polar surface area (TPSA) is 95.6 Å². The van der Waals surface area contributed by atoms with Crippen molar-refractivity contribution in [2.75, 3.05) is 11.5 Å². The van der Waals surface area contributed by atoms with E-state index in [-0.39, 0.29) is 0 Å². The van der Waals surface area contributed by atoms with Crippen molar-refractivity contribution in [1.29, 1.82) is 0 Å². The summed E-state index contributed by atoms with van der Waals surface area (Å²) in [5, 5.41) is 3.94. The lowest BCUT2D eigenvalue weighted by Crippen LogP contribution is -2.03. The van der Waals surface area contributed by atoms with Crippen LogP contribution in [0.2, 0.25) is 0 Å². The molecule has 0 aliphatic heterocycles. The van der Waals surface area contributed by atoms with Crippen molar-refractivity contribution in [3.63, 3.8) is 0 Å². The predicted molar refractivity (Wildman–Crippen MR) is 48.0 cm³/mol. The lowest BCUT2D eigenvalue weighted by Gasteiger charge is -1.98. The number of nitrogens with zero attached hydrogens (tertiary/aromatic N) is 4. The van der Waals surface area contributed by atoms with Crippen LogP contribution in [0.25, 0.3) is 5.95 Å². The van der Waals surface area contributed by atoms with Crippen LogP contribution in [0.1, 0.15) is 0 Å². The Bertz CT molecular complexity index is 420. The largest absolute Gasteiger partial charge is 0.396 e. The molecule has 0 aromatic carbocycles.